The molecule has 2 aromatic heterocycles. The fraction of sp³-hybridized carbons (Fsp3) is 0.524. The molecule has 0 unspecified atom stereocenters. The van der Waals surface area contributed by atoms with Crippen LogP contribution >= 0.6 is 0 Å². The first kappa shape index (κ1) is 21.1. The van der Waals surface area contributed by atoms with E-state index >= 15 is 0 Å². The number of hydrogen-bond donors (Lipinski definition) is 1. The normalized spacial score (nSPS) is 18.6. The highest BCUT2D eigenvalue weighted by atomic mass is 16.2. The number of likely N-dealkylation sites (N-methyl/N-ethyl adjacent to an activating group) is 1. The number of hydrogen-bond acceptors (Lipinski definition) is 6. The van der Waals surface area contributed by atoms with E-state index in [-0.39, 0.29) is 12.5 Å². The first-order chi connectivity index (χ1) is 15.0. The number of carbonyl (C=O) groups is 1. The number of nitrogens with zero attached hydrogens (tertiary/aromatic N) is 8. The Balaban J connectivity index is 1.38. The van der Waals surface area contributed by atoms with E-state index in [0.29, 0.717) is 19.6 Å². The smallest absolute Gasteiger partial charge is 0.246 e. The van der Waals surface area contributed by atoms with Gasteiger partial charge >= 0.3 is 0 Å². The number of anilines is 2. The van der Waals surface area contributed by atoms with Gasteiger partial charge in [0.2, 0.25) is 5.91 Å². The average molecular weight is 426 g/mol. The Labute approximate surface area is 183 Å². The molecule has 166 valence electrons. The molecular formula is C21H31N9O. The number of piperazine rings is 2. The van der Waals surface area contributed by atoms with Crippen LogP contribution in [-0.2, 0) is 18.4 Å². The van der Waals surface area contributed by atoms with Crippen molar-refractivity contribution in [3.05, 3.63) is 36.3 Å². The molecule has 4 heterocycles. The van der Waals surface area contributed by atoms with E-state index in [2.05, 4.69) is 43.3 Å². The van der Waals surface area contributed by atoms with Crippen LogP contribution in [0.3, 0.4) is 0 Å². The van der Waals surface area contributed by atoms with E-state index in [1.165, 1.54) is 0 Å². The van der Waals surface area contributed by atoms with Gasteiger partial charge in [0, 0.05) is 77.9 Å². The number of pyridine rings is 1. The summed E-state index contributed by atoms with van der Waals surface area (Å²) in [6, 6.07) is 4.07. The number of amides is 1. The number of aryl methyl sites for hydroxylation is 1. The predicted octanol–water partition coefficient (Wildman–Crippen LogP) is -0.00890. The van der Waals surface area contributed by atoms with Crippen molar-refractivity contribution >= 4 is 23.4 Å². The second-order valence-electron chi connectivity index (χ2n) is 8.02. The summed E-state index contributed by atoms with van der Waals surface area (Å²) in [6.45, 7) is 6.22. The van der Waals surface area contributed by atoms with Crippen LogP contribution in [-0.4, -0.2) is 96.3 Å². The third-order valence-corrected chi connectivity index (χ3v) is 5.84. The molecule has 4 rings (SSSR count). The standard InChI is InChI=1S/C21H31N9O/c1-22-21(29-11-12-30(19(31)16-29)18-14-25-27(3)15-18)24-13-17-5-4-6-23-20(17)28-9-7-26(2)8-10-28/h4-6,14-15H,7-13,16H2,1-3H3,(H,22,24). The van der Waals surface area contributed by atoms with Crippen LogP contribution in [0.2, 0.25) is 0 Å². The van der Waals surface area contributed by atoms with Gasteiger partial charge in [-0.1, -0.05) is 6.07 Å². The summed E-state index contributed by atoms with van der Waals surface area (Å²) in [5.74, 6) is 1.80. The molecule has 0 spiro atoms. The van der Waals surface area contributed by atoms with Gasteiger partial charge in [-0.05, 0) is 13.1 Å². The molecule has 31 heavy (non-hydrogen) atoms. The van der Waals surface area contributed by atoms with Crippen LogP contribution in [0, 0.1) is 0 Å². The van der Waals surface area contributed by atoms with Crippen LogP contribution in [0.1, 0.15) is 5.56 Å². The largest absolute Gasteiger partial charge is 0.354 e. The second kappa shape index (κ2) is 9.34. The monoisotopic (exact) mass is 425 g/mol. The number of guanidine groups is 1. The summed E-state index contributed by atoms with van der Waals surface area (Å²) in [5.41, 5.74) is 1.97. The molecule has 0 bridgehead atoms. The molecule has 0 saturated carbocycles. The van der Waals surface area contributed by atoms with Crippen molar-refractivity contribution < 1.29 is 4.79 Å². The number of carbonyl (C=O) groups excluding carboxylic acids is 1. The molecule has 0 radical (unpaired) electrons. The quantitative estimate of drug-likeness (QED) is 0.545. The maximum atomic E-state index is 12.7. The van der Waals surface area contributed by atoms with Crippen LogP contribution in [0.5, 0.6) is 0 Å². The molecule has 1 amide bonds. The minimum atomic E-state index is 0.0432. The number of aliphatic imine (C=N–C) groups is 1. The van der Waals surface area contributed by atoms with E-state index < -0.39 is 0 Å². The molecule has 2 saturated heterocycles. The van der Waals surface area contributed by atoms with Gasteiger partial charge in [-0.25, -0.2) is 4.98 Å². The van der Waals surface area contributed by atoms with Crippen LogP contribution in [0.25, 0.3) is 0 Å². The summed E-state index contributed by atoms with van der Waals surface area (Å²) in [5, 5.41) is 7.61. The van der Waals surface area contributed by atoms with E-state index in [4.69, 9.17) is 0 Å². The van der Waals surface area contributed by atoms with Gasteiger partial charge in [0.15, 0.2) is 5.96 Å². The molecule has 2 aliphatic rings. The molecule has 0 aromatic carbocycles. The SMILES string of the molecule is CN=C(NCc1cccnc1N1CCN(C)CC1)N1CCN(c2cnn(C)c2)C(=O)C1. The van der Waals surface area contributed by atoms with Gasteiger partial charge in [-0.2, -0.15) is 5.10 Å². The fourth-order valence-electron chi connectivity index (χ4n) is 4.05. The molecule has 0 atom stereocenters. The Bertz CT molecular complexity index is 932. The Morgan fingerprint density at radius 2 is 1.97 bits per heavy atom. The first-order valence-corrected chi connectivity index (χ1v) is 10.7. The minimum absolute atomic E-state index is 0.0432. The van der Waals surface area contributed by atoms with Crippen LogP contribution in [0.15, 0.2) is 35.7 Å². The van der Waals surface area contributed by atoms with Gasteiger partial charge in [0.05, 0.1) is 11.9 Å². The van der Waals surface area contributed by atoms with E-state index in [0.717, 1.165) is 49.2 Å². The van der Waals surface area contributed by atoms with Gasteiger partial charge in [0.25, 0.3) is 0 Å². The summed E-state index contributed by atoms with van der Waals surface area (Å²) in [7, 11) is 5.76. The van der Waals surface area contributed by atoms with Crippen molar-refractivity contribution in [2.45, 2.75) is 6.54 Å². The summed E-state index contributed by atoms with van der Waals surface area (Å²) >= 11 is 0. The van der Waals surface area contributed by atoms with Crippen molar-refractivity contribution in [1.29, 1.82) is 0 Å². The third kappa shape index (κ3) is 4.79. The van der Waals surface area contributed by atoms with E-state index in [1.807, 2.05) is 30.4 Å². The minimum Gasteiger partial charge on any atom is -0.354 e. The highest BCUT2D eigenvalue weighted by Gasteiger charge is 2.28. The van der Waals surface area contributed by atoms with E-state index in [9.17, 15) is 4.79 Å². The highest BCUT2D eigenvalue weighted by Crippen LogP contribution is 2.19. The summed E-state index contributed by atoms with van der Waals surface area (Å²) in [6.07, 6.45) is 5.44. The lowest BCUT2D eigenvalue weighted by atomic mass is 10.2. The Morgan fingerprint density at radius 3 is 2.65 bits per heavy atom. The Morgan fingerprint density at radius 1 is 1.16 bits per heavy atom. The van der Waals surface area contributed by atoms with Gasteiger partial charge in [-0.15, -0.1) is 0 Å². The van der Waals surface area contributed by atoms with Crippen molar-refractivity contribution in [3.63, 3.8) is 0 Å². The molecule has 10 heteroatoms. The zero-order valence-electron chi connectivity index (χ0n) is 18.5. The van der Waals surface area contributed by atoms with Crippen LogP contribution < -0.4 is 15.1 Å². The van der Waals surface area contributed by atoms with Crippen molar-refractivity contribution in [2.75, 3.05) is 69.7 Å². The molecular weight excluding hydrogens is 394 g/mol. The van der Waals surface area contributed by atoms with E-state index in [1.54, 1.807) is 22.8 Å². The molecule has 1 N–H and O–H groups in total. The van der Waals surface area contributed by atoms with Crippen molar-refractivity contribution in [1.82, 2.24) is 29.9 Å². The number of aromatic nitrogens is 3. The Hall–Kier alpha value is -3.14. The molecule has 0 aliphatic carbocycles. The molecule has 2 fully saturated rings. The first-order valence-electron chi connectivity index (χ1n) is 10.7. The second-order valence-corrected chi connectivity index (χ2v) is 8.02. The lowest BCUT2D eigenvalue weighted by molar-refractivity contribution is -0.120. The van der Waals surface area contributed by atoms with Crippen molar-refractivity contribution in [2.24, 2.45) is 12.0 Å². The Kier molecular flexibility index (Phi) is 6.36. The lowest BCUT2D eigenvalue weighted by Gasteiger charge is -2.36. The van der Waals surface area contributed by atoms with Crippen LogP contribution in [0.4, 0.5) is 11.5 Å². The molecule has 10 nitrogen and oxygen atoms in total. The average Bonchev–Trinajstić information content (AvgIpc) is 3.21. The predicted molar refractivity (Wildman–Crippen MR) is 121 cm³/mol. The lowest BCUT2D eigenvalue weighted by Crippen LogP contribution is -2.55. The fourth-order valence-corrected chi connectivity index (χ4v) is 4.05. The van der Waals surface area contributed by atoms with Gasteiger partial charge in [-0.3, -0.25) is 14.5 Å². The topological polar surface area (TPSA) is 85.1 Å². The van der Waals surface area contributed by atoms with Crippen molar-refractivity contribution in [3.8, 4) is 0 Å². The van der Waals surface area contributed by atoms with Gasteiger partial charge in [0.1, 0.15) is 12.4 Å². The molecule has 2 aromatic rings. The maximum absolute atomic E-state index is 12.7. The zero-order chi connectivity index (χ0) is 21.8. The number of nitrogens with one attached hydrogen (secondary N) is 1. The summed E-state index contributed by atoms with van der Waals surface area (Å²) in [4.78, 5) is 30.3. The zero-order valence-corrected chi connectivity index (χ0v) is 18.5. The summed E-state index contributed by atoms with van der Waals surface area (Å²) < 4.78 is 1.71. The molecule has 2 aliphatic heterocycles. The maximum Gasteiger partial charge on any atom is 0.246 e. The van der Waals surface area contributed by atoms with Gasteiger partial charge < -0.3 is 24.9 Å². The third-order valence-electron chi connectivity index (χ3n) is 5.84. The number of rotatable bonds is 4. The highest BCUT2D eigenvalue weighted by molar-refractivity contribution is 5.98.